The van der Waals surface area contributed by atoms with Crippen molar-refractivity contribution in [1.29, 1.82) is 0 Å². The average Bonchev–Trinajstić information content (AvgIpc) is 2.93. The maximum Gasteiger partial charge on any atom is 0.294 e. The molecule has 0 bridgehead atoms. The van der Waals surface area contributed by atoms with E-state index in [2.05, 4.69) is 5.32 Å². The van der Waals surface area contributed by atoms with E-state index in [0.29, 0.717) is 18.0 Å². The minimum atomic E-state index is -0.545. The number of amides is 3. The number of imide groups is 1. The maximum atomic E-state index is 12.9. The van der Waals surface area contributed by atoms with Crippen molar-refractivity contribution in [2.24, 2.45) is 0 Å². The van der Waals surface area contributed by atoms with E-state index < -0.39 is 29.4 Å². The molecule has 0 unspecified atom stereocenters. The van der Waals surface area contributed by atoms with Gasteiger partial charge in [-0.05, 0) is 66.7 Å². The third-order valence-electron chi connectivity index (χ3n) is 3.79. The Balaban J connectivity index is 1.65. The number of ether oxygens (including phenoxy) is 1. The number of nitrogens with zero attached hydrogens (tertiary/aromatic N) is 1. The standard InChI is InChI=1S/C20H17FN2O4S/c1-2-27-16-9-3-13(4-10-16)11-17-19(25)23(20(26)28-17)12-18(24)22-15-7-5-14(21)6-8-15/h3-11H,2,12H2,1H3,(H,22,24)/b17-11-. The summed E-state index contributed by atoms with van der Waals surface area (Å²) in [6.45, 7) is 2.02. The normalized spacial score (nSPS) is 15.2. The molecule has 3 amide bonds. The number of carbonyl (C=O) groups is 3. The van der Waals surface area contributed by atoms with Gasteiger partial charge in [0.25, 0.3) is 11.1 Å². The first-order valence-electron chi connectivity index (χ1n) is 8.50. The van der Waals surface area contributed by atoms with Crippen molar-refractivity contribution in [3.05, 3.63) is 64.8 Å². The Morgan fingerprint density at radius 1 is 1.14 bits per heavy atom. The largest absolute Gasteiger partial charge is 0.494 e. The molecule has 1 aliphatic rings. The zero-order valence-corrected chi connectivity index (χ0v) is 15.8. The molecule has 28 heavy (non-hydrogen) atoms. The van der Waals surface area contributed by atoms with Gasteiger partial charge in [0.15, 0.2) is 0 Å². The van der Waals surface area contributed by atoms with E-state index in [1.54, 1.807) is 30.3 Å². The highest BCUT2D eigenvalue weighted by Crippen LogP contribution is 2.32. The van der Waals surface area contributed by atoms with Crippen LogP contribution in [0, 0.1) is 5.82 Å². The van der Waals surface area contributed by atoms with Crippen LogP contribution in [0.3, 0.4) is 0 Å². The van der Waals surface area contributed by atoms with Crippen LogP contribution in [-0.2, 0) is 9.59 Å². The summed E-state index contributed by atoms with van der Waals surface area (Å²) in [4.78, 5) is 37.9. The van der Waals surface area contributed by atoms with Crippen LogP contribution >= 0.6 is 11.8 Å². The monoisotopic (exact) mass is 400 g/mol. The zero-order chi connectivity index (χ0) is 20.1. The lowest BCUT2D eigenvalue weighted by atomic mass is 10.2. The summed E-state index contributed by atoms with van der Waals surface area (Å²) in [5.41, 5.74) is 1.12. The van der Waals surface area contributed by atoms with Gasteiger partial charge in [0.2, 0.25) is 5.91 Å². The molecule has 3 rings (SSSR count). The van der Waals surface area contributed by atoms with Crippen LogP contribution in [0.2, 0.25) is 0 Å². The SMILES string of the molecule is CCOc1ccc(/C=C2\SC(=O)N(CC(=O)Nc3ccc(F)cc3)C2=O)cc1. The molecule has 144 valence electrons. The minimum Gasteiger partial charge on any atom is -0.494 e. The van der Waals surface area contributed by atoms with E-state index in [0.717, 1.165) is 22.2 Å². The van der Waals surface area contributed by atoms with Gasteiger partial charge in [0.05, 0.1) is 11.5 Å². The molecule has 1 aliphatic heterocycles. The lowest BCUT2D eigenvalue weighted by molar-refractivity contribution is -0.127. The van der Waals surface area contributed by atoms with Crippen molar-refractivity contribution in [1.82, 2.24) is 4.90 Å². The number of hydrogen-bond acceptors (Lipinski definition) is 5. The quantitative estimate of drug-likeness (QED) is 0.745. The van der Waals surface area contributed by atoms with Crippen molar-refractivity contribution in [3.8, 4) is 5.75 Å². The number of carbonyl (C=O) groups excluding carboxylic acids is 3. The molecule has 1 fully saturated rings. The lowest BCUT2D eigenvalue weighted by Gasteiger charge is -2.12. The molecule has 0 spiro atoms. The molecule has 2 aromatic rings. The van der Waals surface area contributed by atoms with Gasteiger partial charge in [-0.25, -0.2) is 4.39 Å². The molecule has 8 heteroatoms. The number of hydrogen-bond donors (Lipinski definition) is 1. The second-order valence-electron chi connectivity index (χ2n) is 5.82. The van der Waals surface area contributed by atoms with Crippen molar-refractivity contribution in [2.45, 2.75) is 6.92 Å². The third-order valence-corrected chi connectivity index (χ3v) is 4.70. The van der Waals surface area contributed by atoms with Gasteiger partial charge in [0, 0.05) is 5.69 Å². The van der Waals surface area contributed by atoms with Crippen molar-refractivity contribution in [2.75, 3.05) is 18.5 Å². The Hall–Kier alpha value is -3.13. The molecule has 0 aromatic heterocycles. The molecule has 1 heterocycles. The second-order valence-corrected chi connectivity index (χ2v) is 6.82. The predicted octanol–water partition coefficient (Wildman–Crippen LogP) is 3.90. The summed E-state index contributed by atoms with van der Waals surface area (Å²) >= 11 is 0.779. The van der Waals surface area contributed by atoms with Gasteiger partial charge in [-0.1, -0.05) is 12.1 Å². The molecule has 1 N–H and O–H groups in total. The lowest BCUT2D eigenvalue weighted by Crippen LogP contribution is -2.36. The number of thioether (sulfide) groups is 1. The summed E-state index contributed by atoms with van der Waals surface area (Å²) < 4.78 is 18.3. The molecule has 0 radical (unpaired) electrons. The average molecular weight is 400 g/mol. The van der Waals surface area contributed by atoms with Crippen LogP contribution in [0.4, 0.5) is 14.9 Å². The van der Waals surface area contributed by atoms with Gasteiger partial charge in [-0.2, -0.15) is 0 Å². The number of halogens is 1. The Bertz CT molecular complexity index is 926. The number of benzene rings is 2. The van der Waals surface area contributed by atoms with Gasteiger partial charge in [-0.3, -0.25) is 19.3 Å². The first-order valence-corrected chi connectivity index (χ1v) is 9.31. The molecule has 6 nitrogen and oxygen atoms in total. The summed E-state index contributed by atoms with van der Waals surface area (Å²) in [7, 11) is 0. The molecule has 0 saturated carbocycles. The highest BCUT2D eigenvalue weighted by Gasteiger charge is 2.36. The number of rotatable bonds is 6. The summed E-state index contributed by atoms with van der Waals surface area (Å²) in [5.74, 6) is -0.789. The molecule has 0 atom stereocenters. The van der Waals surface area contributed by atoms with Gasteiger partial charge >= 0.3 is 0 Å². The van der Waals surface area contributed by atoms with E-state index in [9.17, 15) is 18.8 Å². The van der Waals surface area contributed by atoms with Crippen LogP contribution in [0.5, 0.6) is 5.75 Å². The van der Waals surface area contributed by atoms with Crippen molar-refractivity contribution >= 4 is 40.6 Å². The summed E-state index contributed by atoms with van der Waals surface area (Å²) in [6, 6.07) is 12.3. The van der Waals surface area contributed by atoms with Gasteiger partial charge < -0.3 is 10.1 Å². The van der Waals surface area contributed by atoms with E-state index in [1.807, 2.05) is 6.92 Å². The van der Waals surface area contributed by atoms with Crippen LogP contribution in [0.15, 0.2) is 53.4 Å². The fourth-order valence-corrected chi connectivity index (χ4v) is 3.33. The van der Waals surface area contributed by atoms with Gasteiger partial charge in [-0.15, -0.1) is 0 Å². The highest BCUT2D eigenvalue weighted by molar-refractivity contribution is 8.18. The Kier molecular flexibility index (Phi) is 6.10. The second kappa shape index (κ2) is 8.71. The fraction of sp³-hybridized carbons (Fsp3) is 0.150. The Labute approximate surface area is 165 Å². The Morgan fingerprint density at radius 2 is 1.82 bits per heavy atom. The highest BCUT2D eigenvalue weighted by atomic mass is 32.2. The first-order chi connectivity index (χ1) is 13.5. The fourth-order valence-electron chi connectivity index (χ4n) is 2.49. The molecule has 0 aliphatic carbocycles. The van der Waals surface area contributed by atoms with E-state index in [1.165, 1.54) is 24.3 Å². The maximum absolute atomic E-state index is 12.9. The van der Waals surface area contributed by atoms with Crippen LogP contribution in [0.25, 0.3) is 6.08 Å². The zero-order valence-electron chi connectivity index (χ0n) is 15.0. The Morgan fingerprint density at radius 3 is 2.46 bits per heavy atom. The minimum absolute atomic E-state index is 0.240. The summed E-state index contributed by atoms with van der Waals surface area (Å²) in [5, 5.41) is 2.01. The molecule has 1 saturated heterocycles. The molecular weight excluding hydrogens is 383 g/mol. The topological polar surface area (TPSA) is 75.7 Å². The van der Waals surface area contributed by atoms with Crippen LogP contribution in [-0.4, -0.2) is 35.1 Å². The van der Waals surface area contributed by atoms with Crippen molar-refractivity contribution in [3.63, 3.8) is 0 Å². The first kappa shape index (κ1) is 19.6. The number of nitrogens with one attached hydrogen (secondary N) is 1. The molecule has 2 aromatic carbocycles. The number of anilines is 1. The van der Waals surface area contributed by atoms with Gasteiger partial charge in [0.1, 0.15) is 18.1 Å². The van der Waals surface area contributed by atoms with E-state index in [4.69, 9.17) is 4.74 Å². The predicted molar refractivity (Wildman–Crippen MR) is 105 cm³/mol. The van der Waals surface area contributed by atoms with Crippen molar-refractivity contribution < 1.29 is 23.5 Å². The third kappa shape index (κ3) is 4.77. The van der Waals surface area contributed by atoms with E-state index >= 15 is 0 Å². The van der Waals surface area contributed by atoms with E-state index in [-0.39, 0.29) is 4.91 Å². The smallest absolute Gasteiger partial charge is 0.294 e. The van der Waals surface area contributed by atoms with Crippen LogP contribution in [0.1, 0.15) is 12.5 Å². The molecular formula is C20H17FN2O4S. The summed E-state index contributed by atoms with van der Waals surface area (Å²) in [6.07, 6.45) is 1.60. The van der Waals surface area contributed by atoms with Crippen LogP contribution < -0.4 is 10.1 Å².